The average Bonchev–Trinajstić information content (AvgIpc) is 2.77. The Kier molecular flexibility index (Phi) is 7.03. The van der Waals surface area contributed by atoms with E-state index >= 15 is 0 Å². The van der Waals surface area contributed by atoms with Gasteiger partial charge in [0.15, 0.2) is 0 Å². The predicted molar refractivity (Wildman–Crippen MR) is 92.3 cm³/mol. The molecule has 0 aliphatic rings. The van der Waals surface area contributed by atoms with Crippen LogP contribution in [0.2, 0.25) is 0 Å². The highest BCUT2D eigenvalue weighted by Crippen LogP contribution is 2.17. The first-order chi connectivity index (χ1) is 14.2. The predicted octanol–water partition coefficient (Wildman–Crippen LogP) is 0.299. The summed E-state index contributed by atoms with van der Waals surface area (Å²) in [5.41, 5.74) is -0.463. The summed E-state index contributed by atoms with van der Waals surface area (Å²) >= 11 is 0. The number of aliphatic hydroxyl groups excluding tert-OH is 3. The van der Waals surface area contributed by atoms with Crippen molar-refractivity contribution in [2.24, 2.45) is 0 Å². The van der Waals surface area contributed by atoms with Crippen molar-refractivity contribution < 1.29 is 43.9 Å². The zero-order valence-corrected chi connectivity index (χ0v) is 15.3. The van der Waals surface area contributed by atoms with Crippen molar-refractivity contribution in [2.75, 3.05) is 19.8 Å². The lowest BCUT2D eigenvalue weighted by Gasteiger charge is -2.13. The number of aliphatic hydroxyl groups is 3. The average molecular weight is 390 g/mol. The SMILES string of the molecule is [3H]OC(C)COC(=O)c1ccc(C(=O)OCC(C)O[3H])c(C(=O)OCC(C)O[3H])c1. The molecule has 1 aromatic rings. The number of ether oxygens (including phenoxy) is 3. The van der Waals surface area contributed by atoms with Crippen LogP contribution in [0.4, 0.5) is 0 Å². The Hall–Kier alpha value is -2.49. The van der Waals surface area contributed by atoms with Gasteiger partial charge in [-0.1, -0.05) is 0 Å². The van der Waals surface area contributed by atoms with E-state index < -0.39 is 36.2 Å². The molecule has 9 heteroatoms. The van der Waals surface area contributed by atoms with Gasteiger partial charge >= 0.3 is 17.9 Å². The zero-order chi connectivity index (χ0) is 22.7. The van der Waals surface area contributed by atoms with E-state index in [-0.39, 0.29) is 36.5 Å². The Balaban J connectivity index is 3.09. The van der Waals surface area contributed by atoms with Crippen LogP contribution in [0.1, 0.15) is 51.8 Å². The summed E-state index contributed by atoms with van der Waals surface area (Å²) in [4.78, 5) is 37.0. The van der Waals surface area contributed by atoms with Crippen molar-refractivity contribution >= 4 is 17.9 Å². The second-order valence-electron chi connectivity index (χ2n) is 5.99. The summed E-state index contributed by atoms with van der Waals surface area (Å²) in [6, 6.07) is 3.59. The van der Waals surface area contributed by atoms with Crippen molar-refractivity contribution in [3.05, 3.63) is 34.9 Å². The fraction of sp³-hybridized carbons (Fsp3) is 0.500. The molecule has 1 aromatic carbocycles. The monoisotopic (exact) mass is 390 g/mol. The first-order valence-electron chi connectivity index (χ1n) is 9.47. The maximum absolute atomic E-state index is 12.5. The van der Waals surface area contributed by atoms with Crippen LogP contribution in [-0.2, 0) is 14.2 Å². The molecule has 0 fully saturated rings. The van der Waals surface area contributed by atoms with Crippen molar-refractivity contribution in [3.8, 4) is 0 Å². The molecular weight excluding hydrogens is 360 g/mol. The summed E-state index contributed by atoms with van der Waals surface area (Å²) in [6.07, 6.45) is -2.05. The molecule has 9 nitrogen and oxygen atoms in total. The van der Waals surface area contributed by atoms with Crippen LogP contribution in [0.3, 0.4) is 0 Å². The Morgan fingerprint density at radius 1 is 0.815 bits per heavy atom. The Morgan fingerprint density at radius 3 is 1.74 bits per heavy atom. The molecule has 0 saturated heterocycles. The maximum Gasteiger partial charge on any atom is 0.339 e. The van der Waals surface area contributed by atoms with Crippen LogP contribution in [0.25, 0.3) is 0 Å². The van der Waals surface area contributed by atoms with Crippen LogP contribution < -0.4 is 0 Å². The quantitative estimate of drug-likeness (QED) is 0.339. The molecule has 0 aromatic heterocycles. The zero-order valence-electron chi connectivity index (χ0n) is 18.3. The minimum absolute atomic E-state index is 0.0386. The number of carbonyl (C=O) groups is 3. The summed E-state index contributed by atoms with van der Waals surface area (Å²) < 4.78 is 35.4. The molecule has 0 spiro atoms. The Labute approximate surface area is 160 Å². The van der Waals surface area contributed by atoms with E-state index in [9.17, 15) is 14.4 Å². The maximum atomic E-state index is 12.5. The Morgan fingerprint density at radius 2 is 1.26 bits per heavy atom. The van der Waals surface area contributed by atoms with Crippen LogP contribution in [0, 0.1) is 0 Å². The number of hydrogen-bond acceptors (Lipinski definition) is 9. The van der Waals surface area contributed by atoms with Crippen molar-refractivity contribution in [2.45, 2.75) is 39.1 Å². The summed E-state index contributed by atoms with van der Waals surface area (Å²) in [7, 11) is 0. The van der Waals surface area contributed by atoms with Crippen LogP contribution in [0.5, 0.6) is 0 Å². The van der Waals surface area contributed by atoms with Gasteiger partial charge in [0.1, 0.15) is 19.8 Å². The lowest BCUT2D eigenvalue weighted by Crippen LogP contribution is -2.21. The van der Waals surface area contributed by atoms with Gasteiger partial charge in [-0.3, -0.25) is 0 Å². The number of hydrogen-bond donors (Lipinski definition) is 3. The molecule has 0 amide bonds. The van der Waals surface area contributed by atoms with E-state index in [0.29, 0.717) is 0 Å². The number of esters is 3. The first-order valence-corrected chi connectivity index (χ1v) is 8.24. The van der Waals surface area contributed by atoms with Crippen LogP contribution in [-0.4, -0.2) is 75.7 Å². The minimum atomic E-state index is -0.937. The summed E-state index contributed by atoms with van der Waals surface area (Å²) in [6.45, 7) is 3.87. The minimum Gasteiger partial charge on any atom is -0.459 e. The van der Waals surface area contributed by atoms with Gasteiger partial charge in [0.2, 0.25) is 4.29 Å². The number of carbonyl (C=O) groups excluding carboxylic acids is 3. The van der Waals surface area contributed by atoms with Crippen molar-refractivity contribution in [1.29, 1.82) is 4.29 Å². The fourth-order valence-corrected chi connectivity index (χ4v) is 1.84. The van der Waals surface area contributed by atoms with Gasteiger partial charge in [-0.2, -0.15) is 0 Å². The summed E-state index contributed by atoms with van der Waals surface area (Å²) in [5.74, 6) is -2.62. The standard InChI is InChI=1S/C18H24O9/c1-10(19)7-25-16(22)13-4-5-14(17(23)26-8-11(2)20)15(6-13)18(24)27-9-12(3)21/h4-6,10-12,19-21H,7-9H2,1-3H3/i19T,20T,21T. The normalized spacial score (nSPS) is 15.4. The third kappa shape index (κ3) is 7.73. The lowest BCUT2D eigenvalue weighted by atomic mass is 10.0. The van der Waals surface area contributed by atoms with E-state index in [2.05, 4.69) is 15.3 Å². The second kappa shape index (κ2) is 10.6. The molecule has 0 radical (unpaired) electrons. The van der Waals surface area contributed by atoms with Gasteiger partial charge in [-0.25, -0.2) is 14.4 Å². The van der Waals surface area contributed by atoms with Gasteiger partial charge in [0.25, 0.3) is 0 Å². The van der Waals surface area contributed by atoms with E-state index in [4.69, 9.17) is 18.5 Å². The smallest absolute Gasteiger partial charge is 0.339 e. The van der Waals surface area contributed by atoms with Gasteiger partial charge < -0.3 is 29.5 Å². The molecule has 0 heterocycles. The van der Waals surface area contributed by atoms with E-state index in [1.807, 2.05) is 0 Å². The molecule has 1 rings (SSSR count). The molecular formula is C18H24O9. The molecule has 0 bridgehead atoms. The lowest BCUT2D eigenvalue weighted by molar-refractivity contribution is 0.0255. The van der Waals surface area contributed by atoms with Crippen LogP contribution in [0.15, 0.2) is 18.2 Å². The van der Waals surface area contributed by atoms with Crippen molar-refractivity contribution in [1.82, 2.24) is 0 Å². The molecule has 150 valence electrons. The first kappa shape index (κ1) is 17.9. The van der Waals surface area contributed by atoms with E-state index in [0.717, 1.165) is 6.07 Å². The highest BCUT2D eigenvalue weighted by Gasteiger charge is 2.23. The largest absolute Gasteiger partial charge is 0.459 e. The topological polar surface area (TPSA) is 140 Å². The van der Waals surface area contributed by atoms with E-state index in [1.165, 1.54) is 32.9 Å². The van der Waals surface area contributed by atoms with Gasteiger partial charge in [0, 0.05) is 0 Å². The number of rotatable bonds is 12. The third-order valence-corrected chi connectivity index (χ3v) is 3.04. The highest BCUT2D eigenvalue weighted by atomic mass is 16.6. The molecule has 3 N–H and O–H groups in total. The molecule has 0 aliphatic heterocycles. The molecule has 3 atom stereocenters. The molecule has 27 heavy (non-hydrogen) atoms. The van der Waals surface area contributed by atoms with Crippen molar-refractivity contribution in [3.63, 3.8) is 0 Å². The number of benzene rings is 1. The summed E-state index contributed by atoms with van der Waals surface area (Å²) in [5, 5.41) is 12.8. The molecule has 0 aliphatic carbocycles. The van der Waals surface area contributed by atoms with Crippen LogP contribution >= 0.6 is 0 Å². The Bertz CT molecular complexity index is 729. The molecule has 0 saturated carbocycles. The highest BCUT2D eigenvalue weighted by molar-refractivity contribution is 6.05. The van der Waals surface area contributed by atoms with Gasteiger partial charge in [0.05, 0.1) is 35.0 Å². The third-order valence-electron chi connectivity index (χ3n) is 3.04. The molecule has 3 unspecified atom stereocenters. The fourth-order valence-electron chi connectivity index (χ4n) is 1.84. The van der Waals surface area contributed by atoms with Gasteiger partial charge in [-0.05, 0) is 39.0 Å². The second-order valence-corrected chi connectivity index (χ2v) is 5.99. The van der Waals surface area contributed by atoms with Gasteiger partial charge in [-0.15, -0.1) is 0 Å². The van der Waals surface area contributed by atoms with E-state index in [1.54, 1.807) is 0 Å².